The van der Waals surface area contributed by atoms with E-state index in [1.807, 2.05) is 37.7 Å². The van der Waals surface area contributed by atoms with Crippen molar-refractivity contribution in [1.82, 2.24) is 14.5 Å². The van der Waals surface area contributed by atoms with Crippen molar-refractivity contribution in [2.75, 3.05) is 5.32 Å². The van der Waals surface area contributed by atoms with Crippen LogP contribution in [0, 0.1) is 6.92 Å². The van der Waals surface area contributed by atoms with Crippen molar-refractivity contribution < 1.29 is 0 Å². The number of hydrogen-bond donors (Lipinski definition) is 1. The third-order valence-corrected chi connectivity index (χ3v) is 2.89. The first kappa shape index (κ1) is 11.9. The van der Waals surface area contributed by atoms with E-state index in [1.165, 1.54) is 0 Å². The molecule has 1 unspecified atom stereocenters. The molecular formula is C12H15ClN4. The van der Waals surface area contributed by atoms with Crippen LogP contribution in [0.5, 0.6) is 0 Å². The fourth-order valence-corrected chi connectivity index (χ4v) is 1.90. The molecule has 0 amide bonds. The molecule has 0 aliphatic heterocycles. The van der Waals surface area contributed by atoms with Crippen LogP contribution >= 0.6 is 11.6 Å². The van der Waals surface area contributed by atoms with Gasteiger partial charge in [0.2, 0.25) is 0 Å². The fourth-order valence-electron chi connectivity index (χ4n) is 1.75. The van der Waals surface area contributed by atoms with Gasteiger partial charge < -0.3 is 9.88 Å². The summed E-state index contributed by atoms with van der Waals surface area (Å²) in [5.74, 6) is 0.961. The van der Waals surface area contributed by atoms with Crippen LogP contribution < -0.4 is 5.32 Å². The van der Waals surface area contributed by atoms with E-state index >= 15 is 0 Å². The highest BCUT2D eigenvalue weighted by molar-refractivity contribution is 6.31. The average Bonchev–Trinajstić information content (AvgIpc) is 2.70. The Labute approximate surface area is 106 Å². The molecule has 0 fully saturated rings. The first-order chi connectivity index (χ1) is 8.08. The highest BCUT2D eigenvalue weighted by atomic mass is 35.5. The summed E-state index contributed by atoms with van der Waals surface area (Å²) in [5.41, 5.74) is 1.91. The summed E-state index contributed by atoms with van der Waals surface area (Å²) in [6.45, 7) is 4.03. The molecule has 0 bridgehead atoms. The molecule has 0 radical (unpaired) electrons. The zero-order chi connectivity index (χ0) is 12.4. The van der Waals surface area contributed by atoms with Gasteiger partial charge in [0.05, 0.1) is 11.7 Å². The molecule has 0 saturated heterocycles. The monoisotopic (exact) mass is 250 g/mol. The largest absolute Gasteiger partial charge is 0.373 e. The fraction of sp³-hybridized carbons (Fsp3) is 0.333. The van der Waals surface area contributed by atoms with Gasteiger partial charge in [0.25, 0.3) is 0 Å². The van der Waals surface area contributed by atoms with Gasteiger partial charge in [0.15, 0.2) is 5.15 Å². The minimum Gasteiger partial charge on any atom is -0.373 e. The van der Waals surface area contributed by atoms with Crippen LogP contribution in [0.15, 0.2) is 24.7 Å². The van der Waals surface area contributed by atoms with Crippen LogP contribution in [0.1, 0.15) is 24.4 Å². The van der Waals surface area contributed by atoms with Gasteiger partial charge in [-0.2, -0.15) is 0 Å². The summed E-state index contributed by atoms with van der Waals surface area (Å²) >= 11 is 6.04. The Morgan fingerprint density at radius 3 is 2.82 bits per heavy atom. The topological polar surface area (TPSA) is 42.7 Å². The van der Waals surface area contributed by atoms with E-state index in [0.29, 0.717) is 5.15 Å². The Balaban J connectivity index is 2.21. The standard InChI is InChI=1S/C12H15ClN4/c1-8-6-10(11(13)15-7-8)16-9(2)12-14-4-5-17(12)3/h4-7,9,16H,1-3H3. The lowest BCUT2D eigenvalue weighted by Crippen LogP contribution is -2.12. The predicted molar refractivity (Wildman–Crippen MR) is 69.2 cm³/mol. The highest BCUT2D eigenvalue weighted by Crippen LogP contribution is 2.24. The zero-order valence-electron chi connectivity index (χ0n) is 10.1. The molecular weight excluding hydrogens is 236 g/mol. The second-order valence-electron chi connectivity index (χ2n) is 4.11. The number of hydrogen-bond acceptors (Lipinski definition) is 3. The van der Waals surface area contributed by atoms with Gasteiger partial charge in [-0.15, -0.1) is 0 Å². The predicted octanol–water partition coefficient (Wildman–Crippen LogP) is 2.95. The molecule has 2 rings (SSSR count). The molecule has 0 aliphatic carbocycles. The molecule has 2 aromatic heterocycles. The minimum absolute atomic E-state index is 0.0797. The van der Waals surface area contributed by atoms with Gasteiger partial charge in [0, 0.05) is 25.6 Å². The van der Waals surface area contributed by atoms with Gasteiger partial charge in [0.1, 0.15) is 5.82 Å². The van der Waals surface area contributed by atoms with E-state index < -0.39 is 0 Å². The molecule has 0 spiro atoms. The molecule has 1 N–H and O–H groups in total. The average molecular weight is 251 g/mol. The Morgan fingerprint density at radius 2 is 2.18 bits per heavy atom. The quantitative estimate of drug-likeness (QED) is 0.852. The Kier molecular flexibility index (Phi) is 3.33. The molecule has 0 aromatic carbocycles. The van der Waals surface area contributed by atoms with Gasteiger partial charge in [-0.25, -0.2) is 9.97 Å². The van der Waals surface area contributed by atoms with Gasteiger partial charge in [-0.1, -0.05) is 11.6 Å². The molecule has 90 valence electrons. The van der Waals surface area contributed by atoms with Crippen molar-refractivity contribution in [2.24, 2.45) is 7.05 Å². The zero-order valence-corrected chi connectivity index (χ0v) is 10.9. The SMILES string of the molecule is Cc1cnc(Cl)c(NC(C)c2nccn2C)c1. The van der Waals surface area contributed by atoms with Crippen molar-refractivity contribution in [2.45, 2.75) is 19.9 Å². The van der Waals surface area contributed by atoms with Gasteiger partial charge in [-0.05, 0) is 25.5 Å². The summed E-state index contributed by atoms with van der Waals surface area (Å²) < 4.78 is 1.98. The van der Waals surface area contributed by atoms with E-state index in [0.717, 1.165) is 17.1 Å². The van der Waals surface area contributed by atoms with E-state index in [2.05, 4.69) is 15.3 Å². The normalized spacial score (nSPS) is 12.5. The van der Waals surface area contributed by atoms with Gasteiger partial charge in [-0.3, -0.25) is 0 Å². The summed E-state index contributed by atoms with van der Waals surface area (Å²) in [6, 6.07) is 2.06. The molecule has 17 heavy (non-hydrogen) atoms. The van der Waals surface area contributed by atoms with Crippen molar-refractivity contribution in [3.05, 3.63) is 41.2 Å². The van der Waals surface area contributed by atoms with Crippen LogP contribution in [0.2, 0.25) is 5.15 Å². The lowest BCUT2D eigenvalue weighted by molar-refractivity contribution is 0.721. The number of nitrogens with zero attached hydrogens (tertiary/aromatic N) is 3. The van der Waals surface area contributed by atoms with Crippen LogP contribution in [0.4, 0.5) is 5.69 Å². The van der Waals surface area contributed by atoms with Crippen LogP contribution in [0.3, 0.4) is 0 Å². The highest BCUT2D eigenvalue weighted by Gasteiger charge is 2.12. The number of halogens is 1. The summed E-state index contributed by atoms with van der Waals surface area (Å²) in [5, 5.41) is 3.80. The number of imidazole rings is 1. The van der Waals surface area contributed by atoms with E-state index in [4.69, 9.17) is 11.6 Å². The maximum atomic E-state index is 6.04. The molecule has 2 heterocycles. The lowest BCUT2D eigenvalue weighted by Gasteiger charge is -2.16. The third-order valence-electron chi connectivity index (χ3n) is 2.59. The second kappa shape index (κ2) is 4.75. The molecule has 0 aliphatic rings. The lowest BCUT2D eigenvalue weighted by atomic mass is 10.2. The molecule has 1 atom stereocenters. The van der Waals surface area contributed by atoms with Crippen LogP contribution in [0.25, 0.3) is 0 Å². The van der Waals surface area contributed by atoms with Crippen molar-refractivity contribution in [1.29, 1.82) is 0 Å². The maximum absolute atomic E-state index is 6.04. The Hall–Kier alpha value is -1.55. The smallest absolute Gasteiger partial charge is 0.152 e. The summed E-state index contributed by atoms with van der Waals surface area (Å²) in [6.07, 6.45) is 5.45. The number of nitrogens with one attached hydrogen (secondary N) is 1. The molecule has 0 saturated carbocycles. The number of aromatic nitrogens is 3. The van der Waals surface area contributed by atoms with Crippen molar-refractivity contribution >= 4 is 17.3 Å². The first-order valence-corrected chi connectivity index (χ1v) is 5.81. The van der Waals surface area contributed by atoms with Crippen molar-refractivity contribution in [3.8, 4) is 0 Å². The van der Waals surface area contributed by atoms with Gasteiger partial charge >= 0.3 is 0 Å². The Morgan fingerprint density at radius 1 is 1.41 bits per heavy atom. The molecule has 2 aromatic rings. The van der Waals surface area contributed by atoms with E-state index in [-0.39, 0.29) is 6.04 Å². The molecule has 5 heteroatoms. The number of anilines is 1. The van der Waals surface area contributed by atoms with Crippen LogP contribution in [-0.4, -0.2) is 14.5 Å². The summed E-state index contributed by atoms with van der Waals surface area (Å²) in [7, 11) is 1.97. The maximum Gasteiger partial charge on any atom is 0.152 e. The first-order valence-electron chi connectivity index (χ1n) is 5.44. The van der Waals surface area contributed by atoms with Crippen molar-refractivity contribution in [3.63, 3.8) is 0 Å². The number of pyridine rings is 1. The summed E-state index contributed by atoms with van der Waals surface area (Å²) in [4.78, 5) is 8.41. The minimum atomic E-state index is 0.0797. The van der Waals surface area contributed by atoms with E-state index in [9.17, 15) is 0 Å². The second-order valence-corrected chi connectivity index (χ2v) is 4.47. The Bertz CT molecular complexity index is 521. The third kappa shape index (κ3) is 2.58. The number of aryl methyl sites for hydroxylation is 2. The number of rotatable bonds is 3. The molecule has 4 nitrogen and oxygen atoms in total. The van der Waals surface area contributed by atoms with Crippen LogP contribution in [-0.2, 0) is 7.05 Å². The van der Waals surface area contributed by atoms with E-state index in [1.54, 1.807) is 12.4 Å².